The molecule has 1 aliphatic rings. The van der Waals surface area contributed by atoms with Crippen LogP contribution in [-0.2, 0) is 6.42 Å². The summed E-state index contributed by atoms with van der Waals surface area (Å²) in [6.07, 6.45) is 3.91. The average molecular weight is 266 g/mol. The van der Waals surface area contributed by atoms with Crippen LogP contribution in [0.4, 0.5) is 0 Å². The van der Waals surface area contributed by atoms with Crippen molar-refractivity contribution < 1.29 is 0 Å². The highest BCUT2D eigenvalue weighted by molar-refractivity contribution is 7.10. The van der Waals surface area contributed by atoms with E-state index in [2.05, 4.69) is 49.6 Å². The summed E-state index contributed by atoms with van der Waals surface area (Å²) in [5.41, 5.74) is 1.89. The summed E-state index contributed by atoms with van der Waals surface area (Å²) < 4.78 is 0. The Hall–Kier alpha value is -0.380. The van der Waals surface area contributed by atoms with Crippen LogP contribution in [0.2, 0.25) is 0 Å². The van der Waals surface area contributed by atoms with E-state index in [9.17, 15) is 0 Å². The van der Waals surface area contributed by atoms with E-state index in [1.807, 2.05) is 11.3 Å². The lowest BCUT2D eigenvalue weighted by Crippen LogP contribution is -2.39. The Balaban J connectivity index is 1.92. The van der Waals surface area contributed by atoms with Gasteiger partial charge in [0.1, 0.15) is 0 Å². The van der Waals surface area contributed by atoms with Crippen LogP contribution in [0.5, 0.6) is 0 Å². The molecule has 1 aromatic rings. The second kappa shape index (κ2) is 5.72. The highest BCUT2D eigenvalue weighted by Gasteiger charge is 2.24. The first-order chi connectivity index (χ1) is 8.48. The summed E-state index contributed by atoms with van der Waals surface area (Å²) >= 11 is 1.92. The maximum absolute atomic E-state index is 3.79. The van der Waals surface area contributed by atoms with Gasteiger partial charge >= 0.3 is 0 Å². The van der Waals surface area contributed by atoms with Gasteiger partial charge in [0.25, 0.3) is 0 Å². The van der Waals surface area contributed by atoms with Gasteiger partial charge in [-0.15, -0.1) is 11.3 Å². The third kappa shape index (κ3) is 3.56. The Morgan fingerprint density at radius 1 is 1.44 bits per heavy atom. The monoisotopic (exact) mass is 266 g/mol. The van der Waals surface area contributed by atoms with Crippen molar-refractivity contribution in [1.29, 1.82) is 0 Å². The molecule has 1 atom stereocenters. The van der Waals surface area contributed by atoms with Crippen molar-refractivity contribution in [1.82, 2.24) is 10.2 Å². The Morgan fingerprint density at radius 2 is 2.22 bits per heavy atom. The Morgan fingerprint density at radius 3 is 2.94 bits per heavy atom. The fraction of sp³-hybridized carbons (Fsp3) is 0.733. The molecule has 18 heavy (non-hydrogen) atoms. The number of fused-ring (bicyclic) bond motifs is 1. The first-order valence-electron chi connectivity index (χ1n) is 6.92. The van der Waals surface area contributed by atoms with Crippen LogP contribution in [0.3, 0.4) is 0 Å². The smallest absolute Gasteiger partial charge is 0.0331 e. The minimum absolute atomic E-state index is 0.330. The first-order valence-corrected chi connectivity index (χ1v) is 7.80. The molecule has 0 aromatic carbocycles. The lowest BCUT2D eigenvalue weighted by molar-refractivity contribution is 0.222. The van der Waals surface area contributed by atoms with E-state index in [0.717, 1.165) is 13.1 Å². The van der Waals surface area contributed by atoms with Crippen LogP contribution in [0, 0.1) is 5.41 Å². The molecule has 0 bridgehead atoms. The van der Waals surface area contributed by atoms with Crippen LogP contribution >= 0.6 is 11.3 Å². The largest absolute Gasteiger partial charge is 0.309 e. The third-order valence-corrected chi connectivity index (χ3v) is 4.62. The summed E-state index contributed by atoms with van der Waals surface area (Å²) in [4.78, 5) is 3.88. The summed E-state index contributed by atoms with van der Waals surface area (Å²) in [6, 6.07) is 2.90. The summed E-state index contributed by atoms with van der Waals surface area (Å²) in [5.74, 6) is 0. The van der Waals surface area contributed by atoms with Crippen molar-refractivity contribution in [2.75, 3.05) is 27.2 Å². The molecular weight excluding hydrogens is 240 g/mol. The number of hydrogen-bond acceptors (Lipinski definition) is 3. The normalized spacial score (nSPS) is 20.2. The van der Waals surface area contributed by atoms with E-state index in [1.54, 1.807) is 10.4 Å². The van der Waals surface area contributed by atoms with Crippen molar-refractivity contribution in [2.24, 2.45) is 5.41 Å². The molecule has 0 aliphatic heterocycles. The molecule has 0 saturated heterocycles. The van der Waals surface area contributed by atoms with Gasteiger partial charge in [-0.3, -0.25) is 0 Å². The number of thiophene rings is 1. The van der Waals surface area contributed by atoms with Crippen LogP contribution < -0.4 is 5.32 Å². The molecule has 1 aliphatic carbocycles. The molecule has 2 rings (SSSR count). The zero-order valence-electron chi connectivity index (χ0n) is 12.1. The quantitative estimate of drug-likeness (QED) is 0.879. The number of rotatable bonds is 5. The minimum Gasteiger partial charge on any atom is -0.309 e. The molecule has 1 N–H and O–H groups in total. The molecule has 2 nitrogen and oxygen atoms in total. The third-order valence-electron chi connectivity index (χ3n) is 3.62. The van der Waals surface area contributed by atoms with Crippen molar-refractivity contribution in [3.63, 3.8) is 0 Å². The first kappa shape index (κ1) is 14.0. The van der Waals surface area contributed by atoms with Crippen LogP contribution in [0.1, 0.15) is 43.2 Å². The lowest BCUT2D eigenvalue weighted by atomic mass is 9.89. The summed E-state index contributed by atoms with van der Waals surface area (Å²) in [7, 11) is 4.30. The van der Waals surface area contributed by atoms with E-state index in [4.69, 9.17) is 0 Å². The lowest BCUT2D eigenvalue weighted by Gasteiger charge is -2.32. The molecule has 0 amide bonds. The van der Waals surface area contributed by atoms with Crippen LogP contribution in [-0.4, -0.2) is 32.1 Å². The fourth-order valence-electron chi connectivity index (χ4n) is 3.01. The van der Waals surface area contributed by atoms with E-state index in [0.29, 0.717) is 11.5 Å². The van der Waals surface area contributed by atoms with Gasteiger partial charge in [0, 0.05) is 24.0 Å². The van der Waals surface area contributed by atoms with Crippen LogP contribution in [0.25, 0.3) is 0 Å². The highest BCUT2D eigenvalue weighted by atomic mass is 32.1. The average Bonchev–Trinajstić information content (AvgIpc) is 2.72. The second-order valence-electron chi connectivity index (χ2n) is 6.53. The second-order valence-corrected chi connectivity index (χ2v) is 7.53. The van der Waals surface area contributed by atoms with E-state index in [1.165, 1.54) is 19.3 Å². The Bertz CT molecular complexity index is 382. The topological polar surface area (TPSA) is 15.3 Å². The van der Waals surface area contributed by atoms with Crippen LogP contribution in [0.15, 0.2) is 11.4 Å². The summed E-state index contributed by atoms with van der Waals surface area (Å²) in [5, 5.41) is 6.04. The minimum atomic E-state index is 0.330. The van der Waals surface area contributed by atoms with Crippen molar-refractivity contribution in [3.8, 4) is 0 Å². The number of hydrogen-bond donors (Lipinski definition) is 1. The van der Waals surface area contributed by atoms with Crippen molar-refractivity contribution in [2.45, 2.75) is 39.2 Å². The molecule has 0 spiro atoms. The van der Waals surface area contributed by atoms with E-state index < -0.39 is 0 Å². The molecule has 1 unspecified atom stereocenters. The zero-order chi connectivity index (χ0) is 13.2. The SMILES string of the molecule is CN(C)CC(C)(C)CNC1CCCc2sccc21. The number of nitrogens with one attached hydrogen (secondary N) is 1. The Kier molecular flexibility index (Phi) is 4.46. The van der Waals surface area contributed by atoms with Gasteiger partial charge in [0.05, 0.1) is 0 Å². The van der Waals surface area contributed by atoms with Gasteiger partial charge in [-0.25, -0.2) is 0 Å². The van der Waals surface area contributed by atoms with Gasteiger partial charge in [0.2, 0.25) is 0 Å². The predicted octanol–water partition coefficient (Wildman–Crippen LogP) is 3.30. The maximum atomic E-state index is 3.79. The molecule has 0 fully saturated rings. The number of nitrogens with zero attached hydrogens (tertiary/aromatic N) is 1. The molecule has 3 heteroatoms. The van der Waals surface area contributed by atoms with E-state index in [-0.39, 0.29) is 0 Å². The van der Waals surface area contributed by atoms with Gasteiger partial charge < -0.3 is 10.2 Å². The van der Waals surface area contributed by atoms with Gasteiger partial charge in [-0.05, 0) is 55.8 Å². The molecule has 0 radical (unpaired) electrons. The maximum Gasteiger partial charge on any atom is 0.0331 e. The zero-order valence-corrected chi connectivity index (χ0v) is 12.9. The van der Waals surface area contributed by atoms with Gasteiger partial charge in [-0.2, -0.15) is 0 Å². The molecule has 0 saturated carbocycles. The molecule has 1 heterocycles. The Labute approximate surface area is 115 Å². The summed E-state index contributed by atoms with van der Waals surface area (Å²) in [6.45, 7) is 6.91. The molecule has 102 valence electrons. The predicted molar refractivity (Wildman–Crippen MR) is 80.3 cm³/mol. The standard InChI is InChI=1S/C15H26N2S/c1-15(2,11-17(3)4)10-16-13-6-5-7-14-12(13)8-9-18-14/h8-9,13,16H,5-7,10-11H2,1-4H3. The van der Waals surface area contributed by atoms with Crippen molar-refractivity contribution >= 4 is 11.3 Å². The molecular formula is C15H26N2S. The highest BCUT2D eigenvalue weighted by Crippen LogP contribution is 2.33. The molecule has 1 aromatic heterocycles. The number of aryl methyl sites for hydroxylation is 1. The van der Waals surface area contributed by atoms with Gasteiger partial charge in [-0.1, -0.05) is 13.8 Å². The van der Waals surface area contributed by atoms with E-state index >= 15 is 0 Å². The van der Waals surface area contributed by atoms with Gasteiger partial charge in [0.15, 0.2) is 0 Å². The van der Waals surface area contributed by atoms with Crippen molar-refractivity contribution in [3.05, 3.63) is 21.9 Å². The fourth-order valence-corrected chi connectivity index (χ4v) is 4.00.